The Bertz CT molecular complexity index is 1070. The van der Waals surface area contributed by atoms with Crippen molar-refractivity contribution in [2.75, 3.05) is 0 Å². The molecule has 3 rings (SSSR count). The number of amidine groups is 1. The lowest BCUT2D eigenvalue weighted by molar-refractivity contribution is 0.0978. The molecule has 26 heavy (non-hydrogen) atoms. The molecule has 0 spiro atoms. The average Bonchev–Trinajstić information content (AvgIpc) is 2.66. The molecule has 0 unspecified atom stereocenters. The van der Waals surface area contributed by atoms with Gasteiger partial charge in [-0.15, -0.1) is 5.10 Å². The topological polar surface area (TPSA) is 99.6 Å². The first kappa shape index (κ1) is 17.2. The van der Waals surface area contributed by atoms with Crippen molar-refractivity contribution in [2.45, 2.75) is 13.8 Å². The van der Waals surface area contributed by atoms with Crippen LogP contribution in [0.3, 0.4) is 0 Å². The fraction of sp³-hybridized carbons (Fsp3) is 0.105. The summed E-state index contributed by atoms with van der Waals surface area (Å²) in [5.74, 6) is -0.0851. The van der Waals surface area contributed by atoms with Gasteiger partial charge in [0.25, 0.3) is 5.91 Å². The SMILES string of the molecule is C/C(=N\N=C(/C)c1ccncc1)NC(=O)c1cc(=O)[nH]c2ccccc12. The number of H-pyrrole nitrogens is 1. The number of nitrogens with zero attached hydrogens (tertiary/aromatic N) is 3. The number of nitrogens with one attached hydrogen (secondary N) is 2. The fourth-order valence-corrected chi connectivity index (χ4v) is 2.45. The zero-order valence-corrected chi connectivity index (χ0v) is 14.4. The van der Waals surface area contributed by atoms with Crippen LogP contribution in [0.15, 0.2) is 69.9 Å². The van der Waals surface area contributed by atoms with E-state index in [0.717, 1.165) is 5.56 Å². The second-order valence-corrected chi connectivity index (χ2v) is 5.65. The van der Waals surface area contributed by atoms with Gasteiger partial charge in [-0.1, -0.05) is 18.2 Å². The first-order chi connectivity index (χ1) is 12.5. The molecule has 2 aromatic heterocycles. The van der Waals surface area contributed by atoms with Gasteiger partial charge in [0.15, 0.2) is 0 Å². The van der Waals surface area contributed by atoms with E-state index in [2.05, 4.69) is 25.5 Å². The fourth-order valence-electron chi connectivity index (χ4n) is 2.45. The van der Waals surface area contributed by atoms with Crippen molar-refractivity contribution in [3.63, 3.8) is 0 Å². The summed E-state index contributed by atoms with van der Waals surface area (Å²) in [7, 11) is 0. The molecule has 2 N–H and O–H groups in total. The number of fused-ring (bicyclic) bond motifs is 1. The van der Waals surface area contributed by atoms with Gasteiger partial charge >= 0.3 is 0 Å². The number of pyridine rings is 2. The van der Waals surface area contributed by atoms with Crippen LogP contribution in [0.25, 0.3) is 10.9 Å². The van der Waals surface area contributed by atoms with Gasteiger partial charge in [0.2, 0.25) is 5.56 Å². The van der Waals surface area contributed by atoms with E-state index in [-0.39, 0.29) is 11.1 Å². The number of amides is 1. The third-order valence-electron chi connectivity index (χ3n) is 3.74. The molecule has 1 aromatic carbocycles. The number of benzene rings is 1. The zero-order chi connectivity index (χ0) is 18.5. The number of hydrogen-bond acceptors (Lipinski definition) is 5. The highest BCUT2D eigenvalue weighted by atomic mass is 16.2. The molecule has 7 nitrogen and oxygen atoms in total. The molecule has 3 aromatic rings. The van der Waals surface area contributed by atoms with Gasteiger partial charge < -0.3 is 10.3 Å². The monoisotopic (exact) mass is 347 g/mol. The van der Waals surface area contributed by atoms with Crippen molar-refractivity contribution in [1.82, 2.24) is 15.3 Å². The van der Waals surface area contributed by atoms with Gasteiger partial charge in [0.05, 0.1) is 11.3 Å². The summed E-state index contributed by atoms with van der Waals surface area (Å²) >= 11 is 0. The Hall–Kier alpha value is -3.61. The lowest BCUT2D eigenvalue weighted by atomic mass is 10.1. The maximum atomic E-state index is 12.5. The number of carbonyl (C=O) groups excluding carboxylic acids is 1. The Balaban J connectivity index is 1.83. The molecule has 0 atom stereocenters. The maximum absolute atomic E-state index is 12.5. The summed E-state index contributed by atoms with van der Waals surface area (Å²) in [6, 6.07) is 12.0. The molecule has 0 saturated heterocycles. The number of aromatic amines is 1. The number of hydrogen-bond donors (Lipinski definition) is 2. The number of aromatic nitrogens is 2. The quantitative estimate of drug-likeness (QED) is 0.432. The van der Waals surface area contributed by atoms with Crippen LogP contribution in [0.4, 0.5) is 0 Å². The summed E-state index contributed by atoms with van der Waals surface area (Å²) in [4.78, 5) is 31.0. The Morgan fingerprint density at radius 1 is 1.08 bits per heavy atom. The Kier molecular flexibility index (Phi) is 4.98. The predicted octanol–water partition coefficient (Wildman–Crippen LogP) is 2.50. The molecule has 0 bridgehead atoms. The summed E-state index contributed by atoms with van der Waals surface area (Å²) in [5.41, 5.74) is 2.14. The van der Waals surface area contributed by atoms with Gasteiger partial charge in [-0.3, -0.25) is 14.6 Å². The van der Waals surface area contributed by atoms with Crippen LogP contribution in [-0.4, -0.2) is 27.4 Å². The molecule has 0 fully saturated rings. The third-order valence-corrected chi connectivity index (χ3v) is 3.74. The van der Waals surface area contributed by atoms with Crippen molar-refractivity contribution in [3.05, 3.63) is 76.3 Å². The number of para-hydroxylation sites is 1. The summed E-state index contributed by atoms with van der Waals surface area (Å²) < 4.78 is 0. The van der Waals surface area contributed by atoms with Crippen LogP contribution >= 0.6 is 0 Å². The first-order valence-electron chi connectivity index (χ1n) is 7.97. The minimum atomic E-state index is -0.412. The van der Waals surface area contributed by atoms with Crippen LogP contribution in [0.5, 0.6) is 0 Å². The highest BCUT2D eigenvalue weighted by Gasteiger charge is 2.12. The second kappa shape index (κ2) is 7.52. The van der Waals surface area contributed by atoms with Crippen molar-refractivity contribution in [2.24, 2.45) is 10.2 Å². The molecular weight excluding hydrogens is 330 g/mol. The van der Waals surface area contributed by atoms with E-state index in [1.807, 2.05) is 19.1 Å². The van der Waals surface area contributed by atoms with E-state index < -0.39 is 5.91 Å². The van der Waals surface area contributed by atoms with Crippen molar-refractivity contribution in [1.29, 1.82) is 0 Å². The van der Waals surface area contributed by atoms with Gasteiger partial charge in [-0.05, 0) is 32.0 Å². The molecule has 0 radical (unpaired) electrons. The van der Waals surface area contributed by atoms with E-state index >= 15 is 0 Å². The predicted molar refractivity (Wildman–Crippen MR) is 102 cm³/mol. The van der Waals surface area contributed by atoms with Crippen molar-refractivity contribution >= 4 is 28.4 Å². The number of carbonyl (C=O) groups is 1. The zero-order valence-electron chi connectivity index (χ0n) is 14.4. The van der Waals surface area contributed by atoms with E-state index in [4.69, 9.17) is 0 Å². The molecule has 2 heterocycles. The lowest BCUT2D eigenvalue weighted by Gasteiger charge is -2.07. The van der Waals surface area contributed by atoms with E-state index in [1.165, 1.54) is 6.07 Å². The normalized spacial score (nSPS) is 12.2. The molecule has 7 heteroatoms. The van der Waals surface area contributed by atoms with Crippen LogP contribution < -0.4 is 10.9 Å². The van der Waals surface area contributed by atoms with Crippen molar-refractivity contribution in [3.8, 4) is 0 Å². The summed E-state index contributed by atoms with van der Waals surface area (Å²) in [5, 5.41) is 11.5. The molecule has 0 aliphatic heterocycles. The lowest BCUT2D eigenvalue weighted by Crippen LogP contribution is -2.29. The minimum absolute atomic E-state index is 0.286. The van der Waals surface area contributed by atoms with Gasteiger partial charge in [-0.2, -0.15) is 5.10 Å². The summed E-state index contributed by atoms with van der Waals surface area (Å²) in [6.45, 7) is 3.45. The van der Waals surface area contributed by atoms with Crippen LogP contribution in [-0.2, 0) is 0 Å². The second-order valence-electron chi connectivity index (χ2n) is 5.65. The van der Waals surface area contributed by atoms with Crippen molar-refractivity contribution < 1.29 is 4.79 Å². The number of rotatable bonds is 3. The maximum Gasteiger partial charge on any atom is 0.257 e. The Morgan fingerprint density at radius 2 is 1.81 bits per heavy atom. The molecule has 0 aliphatic carbocycles. The standard InChI is InChI=1S/C19H17N5O2/c1-12(14-7-9-20-10-8-14)23-24-13(2)21-19(26)16-11-18(25)22-17-6-4-3-5-15(16)17/h3-11H,1-2H3,(H,22,25)(H,21,24,26)/b23-12+. The highest BCUT2D eigenvalue weighted by Crippen LogP contribution is 2.14. The van der Waals surface area contributed by atoms with E-state index in [9.17, 15) is 9.59 Å². The van der Waals surface area contributed by atoms with Gasteiger partial charge in [0, 0.05) is 34.9 Å². The van der Waals surface area contributed by atoms with E-state index in [0.29, 0.717) is 22.5 Å². The largest absolute Gasteiger partial charge is 0.322 e. The van der Waals surface area contributed by atoms with Crippen LogP contribution in [0.2, 0.25) is 0 Å². The molecule has 0 aliphatic rings. The smallest absolute Gasteiger partial charge is 0.257 e. The molecular formula is C19H17N5O2. The first-order valence-corrected chi connectivity index (χ1v) is 7.97. The van der Waals surface area contributed by atoms with E-state index in [1.54, 1.807) is 43.6 Å². The minimum Gasteiger partial charge on any atom is -0.322 e. The van der Waals surface area contributed by atoms with Crippen LogP contribution in [0.1, 0.15) is 29.8 Å². The molecule has 1 amide bonds. The third kappa shape index (κ3) is 3.89. The Morgan fingerprint density at radius 3 is 2.58 bits per heavy atom. The molecule has 0 saturated carbocycles. The Labute approximate surface area is 149 Å². The van der Waals surface area contributed by atoms with Gasteiger partial charge in [-0.25, -0.2) is 0 Å². The van der Waals surface area contributed by atoms with Crippen LogP contribution in [0, 0.1) is 0 Å². The average molecular weight is 347 g/mol. The van der Waals surface area contributed by atoms with Gasteiger partial charge in [0.1, 0.15) is 5.84 Å². The molecule has 130 valence electrons. The highest BCUT2D eigenvalue weighted by molar-refractivity contribution is 6.12. The summed E-state index contributed by atoms with van der Waals surface area (Å²) in [6.07, 6.45) is 3.34.